The number of aromatic nitrogens is 15. The van der Waals surface area contributed by atoms with Gasteiger partial charge in [-0.25, -0.2) is 71.2 Å². The van der Waals surface area contributed by atoms with Gasteiger partial charge in [0, 0.05) is 123 Å². The third-order valence-corrected chi connectivity index (χ3v) is 25.0. The normalized spacial score (nSPS) is 19.3. The van der Waals surface area contributed by atoms with Gasteiger partial charge in [-0.3, -0.25) is 14.7 Å². The molecular formula is C93H93F6N21O9S3. The minimum absolute atomic E-state index is 0.0339. The molecule has 684 valence electrons. The minimum atomic E-state index is -2.58. The fraction of sp³-hybridized carbons (Fsp3) is 0.355. The quantitative estimate of drug-likeness (QED) is 0.0672. The molecule has 6 aliphatic rings. The maximum Gasteiger partial charge on any atom is 0.335 e. The zero-order valence-corrected chi connectivity index (χ0v) is 75.8. The van der Waals surface area contributed by atoms with Crippen LogP contribution in [0.1, 0.15) is 109 Å². The number of hydrogen-bond donors (Lipinski definition) is 3. The molecule has 6 atom stereocenters. The zero-order valence-electron chi connectivity index (χ0n) is 73.4. The average Bonchev–Trinajstić information content (AvgIpc) is 1.59. The molecule has 3 aliphatic heterocycles. The molecule has 3 N–H and O–H groups in total. The lowest BCUT2D eigenvalue weighted by Crippen LogP contribution is -2.62. The van der Waals surface area contributed by atoms with Gasteiger partial charge in [0.1, 0.15) is 34.2 Å². The first-order valence-corrected chi connectivity index (χ1v) is 45.0. The number of likely N-dealkylation sites (tertiary alicyclic amines) is 3. The van der Waals surface area contributed by atoms with Crippen molar-refractivity contribution in [2.24, 2.45) is 0 Å². The number of nitrogens with zero attached hydrogens (tertiary/aromatic N) is 18. The molecule has 15 heterocycles. The van der Waals surface area contributed by atoms with Crippen LogP contribution in [0, 0.1) is 62.3 Å². The highest BCUT2D eigenvalue weighted by atomic mass is 32.1. The molecule has 132 heavy (non-hydrogen) atoms. The Morgan fingerprint density at radius 1 is 0.341 bits per heavy atom. The van der Waals surface area contributed by atoms with E-state index < -0.39 is 52.5 Å². The van der Waals surface area contributed by atoms with Gasteiger partial charge < -0.3 is 43.2 Å². The Morgan fingerprint density at radius 3 is 0.818 bits per heavy atom. The van der Waals surface area contributed by atoms with Crippen LogP contribution >= 0.6 is 0 Å². The Kier molecular flexibility index (Phi) is 27.3. The van der Waals surface area contributed by atoms with Crippen molar-refractivity contribution in [1.29, 1.82) is 0 Å². The van der Waals surface area contributed by atoms with E-state index in [2.05, 4.69) is 96.9 Å². The molecule has 0 radical (unpaired) electrons. The summed E-state index contributed by atoms with van der Waals surface area (Å²) in [5.41, 5.74) is 20.8. The van der Waals surface area contributed by atoms with Crippen LogP contribution in [-0.4, -0.2) is 207 Å². The van der Waals surface area contributed by atoms with Gasteiger partial charge in [-0.2, -0.15) is 25.3 Å². The lowest BCUT2D eigenvalue weighted by molar-refractivity contribution is -0.146. The summed E-state index contributed by atoms with van der Waals surface area (Å²) < 4.78 is 154. The van der Waals surface area contributed by atoms with Crippen LogP contribution in [0.2, 0.25) is 0 Å². The highest BCUT2D eigenvalue weighted by molar-refractivity contribution is 7.52. The van der Waals surface area contributed by atoms with Crippen molar-refractivity contribution >= 4 is 85.7 Å². The topological polar surface area (TPSA) is 357 Å². The number of hydrogen-bond acceptors (Lipinski definition) is 27. The molecule has 3 aliphatic carbocycles. The van der Waals surface area contributed by atoms with E-state index in [9.17, 15) is 26.3 Å². The van der Waals surface area contributed by atoms with Gasteiger partial charge in [0.25, 0.3) is 17.8 Å². The van der Waals surface area contributed by atoms with Gasteiger partial charge in [-0.05, 0) is 210 Å². The highest BCUT2D eigenvalue weighted by Gasteiger charge is 2.52. The molecule has 6 fully saturated rings. The molecule has 3 saturated carbocycles. The summed E-state index contributed by atoms with van der Waals surface area (Å²) in [6.07, 6.45) is 20.1. The number of nitrogens with one attached hydrogen (secondary N) is 3. The molecule has 21 rings (SSSR count). The largest absolute Gasteiger partial charge is 0.361 e. The van der Waals surface area contributed by atoms with Crippen LogP contribution in [0.5, 0.6) is 0 Å². The molecular weight excluding hydrogens is 1770 g/mol. The second-order valence-electron chi connectivity index (χ2n) is 34.0. The van der Waals surface area contributed by atoms with Crippen molar-refractivity contribution in [2.75, 3.05) is 55.2 Å². The zero-order chi connectivity index (χ0) is 93.0. The molecule has 3 saturated heterocycles. The van der Waals surface area contributed by atoms with Gasteiger partial charge in [-0.1, -0.05) is 70.1 Å². The molecule has 0 amide bonds. The Hall–Kier alpha value is -13.1. The van der Waals surface area contributed by atoms with E-state index in [1.54, 1.807) is 0 Å². The molecule has 30 nitrogen and oxygen atoms in total. The van der Waals surface area contributed by atoms with Gasteiger partial charge in [0.2, 0.25) is 17.8 Å². The summed E-state index contributed by atoms with van der Waals surface area (Å²) in [6.45, 7) is 16.4. The number of para-hydroxylation sites is 3. The summed E-state index contributed by atoms with van der Waals surface area (Å²) in [5, 5.41) is 25.7. The van der Waals surface area contributed by atoms with Crippen LogP contribution < -0.4 is 16.0 Å². The number of benzene rings is 3. The smallest absolute Gasteiger partial charge is 0.335 e. The first-order valence-electron chi connectivity index (χ1n) is 43.0. The van der Waals surface area contributed by atoms with E-state index in [4.69, 9.17) is 68.7 Å². The molecule has 0 bridgehead atoms. The first-order chi connectivity index (χ1) is 63.6. The third-order valence-electron chi connectivity index (χ3n) is 25.0. The summed E-state index contributed by atoms with van der Waals surface area (Å²) in [5.74, 6) is -4.03. The summed E-state index contributed by atoms with van der Waals surface area (Å²) in [4.78, 5) is 49.6. The van der Waals surface area contributed by atoms with E-state index in [0.717, 1.165) is 227 Å². The SMILES string of the molecule is Cc1cnc(N[C@H]2CCCC2N2CC(F)(F)C2)nc1-c1cn(-c2ccccc2)c2nc(-c3c(C)noc3C)ccc12.Cc1cnc(N[C@H]2CCC[C@@H]2N2CC(F)(F)C2)nc1-c1cn(-c2ccccc2)c2nc(-c3c(C)noc3C)ccc12.Cc1cnc(N[C@H]2CCC[C@H]2N2CC(F)(F)C2)nc1-c1cn(-c2ccccc2)c2nc(-c3c(C)noc3C)ccc12.O=S=O.O=S=O.O=S=O. The predicted octanol–water partition coefficient (Wildman–Crippen LogP) is 17.0. The number of anilines is 3. The fourth-order valence-corrected chi connectivity index (χ4v) is 19.0. The summed E-state index contributed by atoms with van der Waals surface area (Å²) in [7, 11) is 0. The third kappa shape index (κ3) is 19.5. The molecule has 0 spiro atoms. The van der Waals surface area contributed by atoms with Crippen LogP contribution in [0.15, 0.2) is 178 Å². The second-order valence-corrected chi connectivity index (χ2v) is 34.4. The van der Waals surface area contributed by atoms with Crippen molar-refractivity contribution < 1.29 is 65.2 Å². The van der Waals surface area contributed by atoms with Gasteiger partial charge in [0.15, 0.2) is 0 Å². The number of alkyl halides is 6. The van der Waals surface area contributed by atoms with Crippen LogP contribution in [0.4, 0.5) is 44.2 Å². The van der Waals surface area contributed by atoms with Crippen molar-refractivity contribution in [3.05, 3.63) is 216 Å². The van der Waals surface area contributed by atoms with Gasteiger partial charge in [-0.15, -0.1) is 0 Å². The summed E-state index contributed by atoms with van der Waals surface area (Å²) in [6, 6.07) is 42.8. The number of halogens is 6. The Balaban J connectivity index is 0.000000138. The minimum Gasteiger partial charge on any atom is -0.361 e. The lowest BCUT2D eigenvalue weighted by atomic mass is 10.0. The maximum atomic E-state index is 13.6. The molecule has 3 aromatic carbocycles. The van der Waals surface area contributed by atoms with E-state index in [0.29, 0.717) is 17.8 Å². The van der Waals surface area contributed by atoms with E-state index in [1.165, 1.54) is 0 Å². The fourth-order valence-electron chi connectivity index (χ4n) is 19.0. The number of rotatable bonds is 18. The Labute approximate surface area is 764 Å². The number of pyridine rings is 3. The van der Waals surface area contributed by atoms with Gasteiger partial charge >= 0.3 is 34.7 Å². The number of fused-ring (bicyclic) bond motifs is 3. The van der Waals surface area contributed by atoms with Crippen molar-refractivity contribution in [3.63, 3.8) is 0 Å². The second kappa shape index (κ2) is 39.1. The molecule has 1 unspecified atom stereocenters. The van der Waals surface area contributed by atoms with Gasteiger partial charge in [0.05, 0.1) is 107 Å². The maximum absolute atomic E-state index is 13.6. The Bertz CT molecular complexity index is 6120. The lowest BCUT2D eigenvalue weighted by Gasteiger charge is -2.44. The van der Waals surface area contributed by atoms with Crippen molar-refractivity contribution in [1.82, 2.24) is 88.7 Å². The van der Waals surface area contributed by atoms with Crippen LogP contribution in [0.25, 0.3) is 118 Å². The summed E-state index contributed by atoms with van der Waals surface area (Å²) >= 11 is -2.25. The van der Waals surface area contributed by atoms with E-state index >= 15 is 0 Å². The average molecular weight is 1860 g/mol. The molecule has 15 aromatic rings. The highest BCUT2D eigenvalue weighted by Crippen LogP contribution is 2.44. The monoisotopic (exact) mass is 1860 g/mol. The van der Waals surface area contributed by atoms with Crippen molar-refractivity contribution in [2.45, 2.75) is 174 Å². The number of aryl methyl sites for hydroxylation is 9. The van der Waals surface area contributed by atoms with E-state index in [-0.39, 0.29) is 75.5 Å². The Morgan fingerprint density at radius 2 is 0.591 bits per heavy atom. The molecule has 39 heteroatoms. The van der Waals surface area contributed by atoms with Crippen LogP contribution in [-0.2, 0) is 34.7 Å². The molecule has 12 aromatic heterocycles. The standard InChI is InChI=1S/3C31H31F2N7O.3O2S/c3*1-18-14-34-30(36-24-10-7-11-26(24)39-16-31(32,33)17-39)37-28(18)23-15-40(21-8-5-4-6-9-21)29-22(23)12-13-25(35-29)27-19(2)38-41-20(27)3;3*1-3-2/h3*4-6,8-9,12-15,24,26H,7,10-11,16-17H2,1-3H3,(H,34,36,37);;;/t24-,26?;24-,26+;24-,26-;;;/m000.../s1. The van der Waals surface area contributed by atoms with Crippen molar-refractivity contribution in [3.8, 4) is 84.6 Å². The van der Waals surface area contributed by atoms with E-state index in [1.807, 2.05) is 205 Å². The van der Waals surface area contributed by atoms with Crippen LogP contribution in [0.3, 0.4) is 0 Å². The first kappa shape index (κ1) is 92.2. The predicted molar refractivity (Wildman–Crippen MR) is 487 cm³/mol.